The molecule has 3 aromatic rings. The molecule has 1 aromatic carbocycles. The zero-order valence-corrected chi connectivity index (χ0v) is 13.6. The van der Waals surface area contributed by atoms with Crippen molar-refractivity contribution in [1.82, 2.24) is 14.5 Å². The van der Waals surface area contributed by atoms with Crippen LogP contribution >= 0.6 is 11.6 Å². The van der Waals surface area contributed by atoms with Gasteiger partial charge in [0.25, 0.3) is 5.56 Å². The molecule has 0 saturated carbocycles. The Labute approximate surface area is 143 Å². The Morgan fingerprint density at radius 2 is 2.00 bits per heavy atom. The lowest BCUT2D eigenvalue weighted by Gasteiger charge is -2.26. The molecule has 6 nitrogen and oxygen atoms in total. The molecule has 1 aliphatic rings. The number of hydrogen-bond donors (Lipinski definition) is 0. The van der Waals surface area contributed by atoms with E-state index in [1.807, 2.05) is 18.2 Å². The van der Waals surface area contributed by atoms with Crippen molar-refractivity contribution in [1.29, 1.82) is 0 Å². The Balaban J connectivity index is 1.78. The number of halogens is 1. The maximum Gasteiger partial charge on any atom is 0.266 e. The van der Waals surface area contributed by atoms with Crippen molar-refractivity contribution in [3.8, 4) is 5.69 Å². The van der Waals surface area contributed by atoms with E-state index in [4.69, 9.17) is 16.3 Å². The van der Waals surface area contributed by atoms with Crippen molar-refractivity contribution in [3.05, 3.63) is 58.1 Å². The minimum atomic E-state index is -0.164. The summed E-state index contributed by atoms with van der Waals surface area (Å²) in [6, 6.07) is 8.99. The minimum Gasteiger partial charge on any atom is -0.378 e. The van der Waals surface area contributed by atoms with Gasteiger partial charge in [0.1, 0.15) is 0 Å². The number of nitrogens with zero attached hydrogens (tertiary/aromatic N) is 4. The van der Waals surface area contributed by atoms with Gasteiger partial charge in [-0.3, -0.25) is 9.36 Å². The lowest BCUT2D eigenvalue weighted by atomic mass is 10.2. The molecule has 0 aliphatic carbocycles. The van der Waals surface area contributed by atoms with Gasteiger partial charge >= 0.3 is 0 Å². The molecule has 0 unspecified atom stereocenters. The van der Waals surface area contributed by atoms with Gasteiger partial charge in [0.2, 0.25) is 5.95 Å². The van der Waals surface area contributed by atoms with Crippen LogP contribution in [0.1, 0.15) is 0 Å². The second kappa shape index (κ2) is 6.22. The predicted molar refractivity (Wildman–Crippen MR) is 93.2 cm³/mol. The van der Waals surface area contributed by atoms with Crippen LogP contribution < -0.4 is 10.5 Å². The number of fused-ring (bicyclic) bond motifs is 1. The van der Waals surface area contributed by atoms with Crippen molar-refractivity contribution >= 4 is 28.5 Å². The van der Waals surface area contributed by atoms with Crippen molar-refractivity contribution in [2.75, 3.05) is 31.2 Å². The monoisotopic (exact) mass is 342 g/mol. The molecule has 3 heterocycles. The van der Waals surface area contributed by atoms with Gasteiger partial charge in [-0.25, -0.2) is 9.97 Å². The van der Waals surface area contributed by atoms with Gasteiger partial charge in [0, 0.05) is 30.5 Å². The number of morpholine rings is 1. The minimum absolute atomic E-state index is 0.164. The average Bonchev–Trinajstić information content (AvgIpc) is 2.62. The topological polar surface area (TPSA) is 60.3 Å². The third-order valence-corrected chi connectivity index (χ3v) is 4.25. The molecule has 0 spiro atoms. The molecule has 7 heteroatoms. The molecular formula is C17H15ClN4O2. The van der Waals surface area contributed by atoms with Crippen LogP contribution in [0.2, 0.25) is 5.02 Å². The third-order valence-electron chi connectivity index (χ3n) is 4.02. The molecule has 1 aliphatic heterocycles. The number of benzene rings is 1. The Bertz CT molecular complexity index is 951. The summed E-state index contributed by atoms with van der Waals surface area (Å²) in [5.74, 6) is 0.630. The summed E-state index contributed by atoms with van der Waals surface area (Å²) in [6.07, 6.45) is 3.31. The van der Waals surface area contributed by atoms with Crippen LogP contribution in [-0.2, 0) is 4.74 Å². The largest absolute Gasteiger partial charge is 0.378 e. The van der Waals surface area contributed by atoms with Crippen LogP contribution in [0, 0.1) is 0 Å². The SMILES string of the molecule is O=c1c2cnc(N3CCOCC3)nc2ccn1-c1cccc(Cl)c1. The quantitative estimate of drug-likeness (QED) is 0.715. The molecule has 2 aromatic heterocycles. The van der Waals surface area contributed by atoms with Gasteiger partial charge in [-0.15, -0.1) is 0 Å². The molecule has 1 fully saturated rings. The van der Waals surface area contributed by atoms with Crippen LogP contribution in [0.25, 0.3) is 16.6 Å². The molecule has 0 radical (unpaired) electrons. The Kier molecular flexibility index (Phi) is 3.92. The first-order valence-electron chi connectivity index (χ1n) is 7.69. The molecule has 0 bridgehead atoms. The lowest BCUT2D eigenvalue weighted by molar-refractivity contribution is 0.122. The van der Waals surface area contributed by atoms with Crippen molar-refractivity contribution in [2.24, 2.45) is 0 Å². The highest BCUT2D eigenvalue weighted by Crippen LogP contribution is 2.17. The fraction of sp³-hybridized carbons (Fsp3) is 0.235. The normalized spacial score (nSPS) is 15.0. The van der Waals surface area contributed by atoms with Gasteiger partial charge in [0.15, 0.2) is 0 Å². The first-order valence-corrected chi connectivity index (χ1v) is 8.07. The van der Waals surface area contributed by atoms with E-state index in [1.165, 1.54) is 0 Å². The van der Waals surface area contributed by atoms with Gasteiger partial charge in [-0.2, -0.15) is 0 Å². The van der Waals surface area contributed by atoms with Gasteiger partial charge in [0.05, 0.1) is 29.8 Å². The Morgan fingerprint density at radius 3 is 2.79 bits per heavy atom. The fourth-order valence-corrected chi connectivity index (χ4v) is 2.95. The summed E-state index contributed by atoms with van der Waals surface area (Å²) in [4.78, 5) is 23.7. The standard InChI is InChI=1S/C17H15ClN4O2/c18-12-2-1-3-13(10-12)22-5-4-15-14(16(22)23)11-19-17(20-15)21-6-8-24-9-7-21/h1-5,10-11H,6-9H2. The van der Waals surface area contributed by atoms with E-state index in [0.29, 0.717) is 40.8 Å². The van der Waals surface area contributed by atoms with E-state index in [2.05, 4.69) is 14.9 Å². The predicted octanol–water partition coefficient (Wildman–Crippen LogP) is 2.27. The van der Waals surface area contributed by atoms with Crippen molar-refractivity contribution in [2.45, 2.75) is 0 Å². The number of hydrogen-bond acceptors (Lipinski definition) is 5. The van der Waals surface area contributed by atoms with E-state index in [-0.39, 0.29) is 5.56 Å². The molecule has 122 valence electrons. The Morgan fingerprint density at radius 1 is 1.17 bits per heavy atom. The molecule has 0 amide bonds. The Hall–Kier alpha value is -2.44. The average molecular weight is 343 g/mol. The molecule has 4 rings (SSSR count). The van der Waals surface area contributed by atoms with Gasteiger partial charge in [-0.1, -0.05) is 17.7 Å². The van der Waals surface area contributed by atoms with E-state index in [0.717, 1.165) is 13.1 Å². The van der Waals surface area contributed by atoms with E-state index in [1.54, 1.807) is 29.1 Å². The molecule has 0 N–H and O–H groups in total. The van der Waals surface area contributed by atoms with Crippen LogP contribution in [0.5, 0.6) is 0 Å². The summed E-state index contributed by atoms with van der Waals surface area (Å²) >= 11 is 6.02. The maximum atomic E-state index is 12.7. The highest BCUT2D eigenvalue weighted by Gasteiger charge is 2.15. The van der Waals surface area contributed by atoms with Crippen LogP contribution in [-0.4, -0.2) is 40.8 Å². The van der Waals surface area contributed by atoms with Crippen molar-refractivity contribution in [3.63, 3.8) is 0 Å². The summed E-state index contributed by atoms with van der Waals surface area (Å²) in [5.41, 5.74) is 1.18. The summed E-state index contributed by atoms with van der Waals surface area (Å²) in [7, 11) is 0. The second-order valence-electron chi connectivity index (χ2n) is 5.54. The molecular weight excluding hydrogens is 328 g/mol. The van der Waals surface area contributed by atoms with Gasteiger partial charge in [-0.05, 0) is 24.3 Å². The van der Waals surface area contributed by atoms with Crippen molar-refractivity contribution < 1.29 is 4.74 Å². The van der Waals surface area contributed by atoms with Crippen LogP contribution in [0.15, 0.2) is 47.5 Å². The zero-order valence-electron chi connectivity index (χ0n) is 12.9. The van der Waals surface area contributed by atoms with E-state index >= 15 is 0 Å². The molecule has 1 saturated heterocycles. The smallest absolute Gasteiger partial charge is 0.266 e. The van der Waals surface area contributed by atoms with E-state index in [9.17, 15) is 4.79 Å². The van der Waals surface area contributed by atoms with E-state index < -0.39 is 0 Å². The third kappa shape index (κ3) is 2.74. The highest BCUT2D eigenvalue weighted by molar-refractivity contribution is 6.30. The fourth-order valence-electron chi connectivity index (χ4n) is 2.76. The van der Waals surface area contributed by atoms with Crippen LogP contribution in [0.4, 0.5) is 5.95 Å². The number of anilines is 1. The highest BCUT2D eigenvalue weighted by atomic mass is 35.5. The number of aromatic nitrogens is 3. The second-order valence-corrected chi connectivity index (χ2v) is 5.98. The lowest BCUT2D eigenvalue weighted by Crippen LogP contribution is -2.37. The zero-order chi connectivity index (χ0) is 16.5. The maximum absolute atomic E-state index is 12.7. The molecule has 24 heavy (non-hydrogen) atoms. The summed E-state index contributed by atoms with van der Waals surface area (Å²) < 4.78 is 6.89. The number of rotatable bonds is 2. The first kappa shape index (κ1) is 15.1. The summed E-state index contributed by atoms with van der Waals surface area (Å²) in [5, 5.41) is 1.06. The number of ether oxygens (including phenoxy) is 1. The van der Waals surface area contributed by atoms with Crippen LogP contribution in [0.3, 0.4) is 0 Å². The van der Waals surface area contributed by atoms with Gasteiger partial charge < -0.3 is 9.64 Å². The summed E-state index contributed by atoms with van der Waals surface area (Å²) in [6.45, 7) is 2.84. The first-order chi connectivity index (χ1) is 11.7. The molecule has 0 atom stereocenters. The number of pyridine rings is 1.